The fourth-order valence-electron chi connectivity index (χ4n) is 4.93. The van der Waals surface area contributed by atoms with Crippen LogP contribution >= 0.6 is 37.3 Å². The number of phenols is 1. The van der Waals surface area contributed by atoms with Crippen LogP contribution in [0.15, 0.2) is 39.9 Å². The number of fused-ring (bicyclic) bond motifs is 1. The first kappa shape index (κ1) is 27.8. The van der Waals surface area contributed by atoms with E-state index in [4.69, 9.17) is 10.5 Å². The van der Waals surface area contributed by atoms with Gasteiger partial charge in [-0.2, -0.15) is 0 Å². The van der Waals surface area contributed by atoms with Crippen LogP contribution in [-0.4, -0.2) is 63.4 Å². The second-order valence-electron chi connectivity index (χ2n) is 9.40. The Hall–Kier alpha value is -2.24. The molecule has 0 radical (unpaired) electrons. The van der Waals surface area contributed by atoms with Gasteiger partial charge in [-0.1, -0.05) is 0 Å². The number of hydrogen-bond donors (Lipinski definition) is 5. The minimum absolute atomic E-state index is 0.00781. The quantitative estimate of drug-likeness (QED) is 0.0529. The maximum atomic E-state index is 14.1. The van der Waals surface area contributed by atoms with Crippen LogP contribution in [0.5, 0.6) is 5.75 Å². The molecule has 1 saturated carbocycles. The molecule has 0 bridgehead atoms. The van der Waals surface area contributed by atoms with Crippen molar-refractivity contribution in [2.45, 2.75) is 36.3 Å². The molecule has 4 rings (SSSR count). The third-order valence-corrected chi connectivity index (χ3v) is 34.0. The minimum atomic E-state index is -6.81. The number of nitrogens with two attached hydrogens (primary N) is 1. The third-order valence-electron chi connectivity index (χ3n) is 7.04. The first-order valence-corrected chi connectivity index (χ1v) is 20.5. The summed E-state index contributed by atoms with van der Waals surface area (Å²) in [5.74, 6) is -3.77. The van der Waals surface area contributed by atoms with E-state index in [0.29, 0.717) is 18.4 Å². The molecule has 0 aromatic heterocycles. The zero-order valence-electron chi connectivity index (χ0n) is 20.5. The van der Waals surface area contributed by atoms with Crippen LogP contribution in [-0.2, 0) is 19.1 Å². The predicted molar refractivity (Wildman–Crippen MR) is 151 cm³/mol. The van der Waals surface area contributed by atoms with Gasteiger partial charge in [0.15, 0.2) is 0 Å². The van der Waals surface area contributed by atoms with Crippen LogP contribution in [0, 0.1) is 5.92 Å². The summed E-state index contributed by atoms with van der Waals surface area (Å²) in [5.41, 5.74) is 4.97. The zero-order valence-corrected chi connectivity index (χ0v) is 24.8. The van der Waals surface area contributed by atoms with Crippen LogP contribution < -0.4 is 5.73 Å². The first-order chi connectivity index (χ1) is 17.2. The molecule has 204 valence electrons. The number of rotatable bonds is 7. The van der Waals surface area contributed by atoms with E-state index >= 15 is 0 Å². The van der Waals surface area contributed by atoms with Crippen LogP contribution in [0.3, 0.4) is 0 Å². The summed E-state index contributed by atoms with van der Waals surface area (Å²) in [5, 5.41) is 32.7. The number of primary amides is 1. The van der Waals surface area contributed by atoms with E-state index < -0.39 is 87.8 Å². The van der Waals surface area contributed by atoms with Crippen molar-refractivity contribution in [2.75, 3.05) is 14.1 Å². The predicted octanol–water partition coefficient (Wildman–Crippen LogP) is 2.98. The molecule has 0 unspecified atom stereocenters. The molecule has 1 aromatic carbocycles. The van der Waals surface area contributed by atoms with Crippen molar-refractivity contribution in [3.8, 4) is 5.75 Å². The first-order valence-electron chi connectivity index (χ1n) is 11.3. The van der Waals surface area contributed by atoms with Crippen LogP contribution in [0.25, 0.3) is 0 Å². The Kier molecular flexibility index (Phi) is 6.91. The summed E-state index contributed by atoms with van der Waals surface area (Å²) in [6.07, 6.45) is 1.80. The second kappa shape index (κ2) is 9.20. The second-order valence-corrected chi connectivity index (χ2v) is 28.1. The van der Waals surface area contributed by atoms with Gasteiger partial charge in [-0.15, -0.1) is 0 Å². The van der Waals surface area contributed by atoms with Gasteiger partial charge in [-0.25, -0.2) is 0 Å². The Morgan fingerprint density at radius 2 is 1.86 bits per heavy atom. The standard InChI is InChI=1S/C24H30I2N2O9/c1-11-14-9-6-10-15(30)16(14)19(32)25(11)24(37-23(35)13-7-5-8-13)26(36,12(2)29)20(28(3)4)18(31)17(21(26)33)22(27)34/h6,9-11,13,20,24,29-31,36H,2,5,7-8H2,1,3-4H3,(H2,27,34)/t11-,20+,24-/m0/s1. The molecular formula is C24H30I2N2O9. The average Bonchev–Trinajstić information content (AvgIpc) is 3.12. The van der Waals surface area contributed by atoms with E-state index in [1.165, 1.54) is 25.1 Å². The van der Waals surface area contributed by atoms with Gasteiger partial charge < -0.3 is 0 Å². The van der Waals surface area contributed by atoms with E-state index in [1.807, 2.05) is 0 Å². The number of hydrogen-bond acceptors (Lipinski definition) is 10. The number of amides is 1. The van der Waals surface area contributed by atoms with Crippen molar-refractivity contribution in [1.29, 1.82) is 0 Å². The maximum absolute atomic E-state index is 14.1. The number of likely N-dealkylation sites (N-methyl/N-ethyl adjacent to an activating group) is 1. The third kappa shape index (κ3) is 3.56. The van der Waals surface area contributed by atoms with Gasteiger partial charge in [0.25, 0.3) is 0 Å². The molecule has 11 nitrogen and oxygen atoms in total. The Balaban J connectivity index is 2.02. The van der Waals surface area contributed by atoms with E-state index in [0.717, 1.165) is 6.42 Å². The number of ether oxygens (including phenoxy) is 1. The molecule has 0 saturated heterocycles. The monoisotopic (exact) mass is 744 g/mol. The number of benzene rings is 1. The number of aliphatic hydroxyl groups excluding tert-OH is 2. The number of carbonyl (C=O) groups excluding carboxylic acids is 4. The number of esters is 1. The van der Waals surface area contributed by atoms with Gasteiger partial charge in [0.2, 0.25) is 0 Å². The number of aromatic hydroxyl groups is 1. The van der Waals surface area contributed by atoms with Gasteiger partial charge in [-0.3, -0.25) is 0 Å². The van der Waals surface area contributed by atoms with Crippen LogP contribution in [0.4, 0.5) is 0 Å². The van der Waals surface area contributed by atoms with Crippen molar-refractivity contribution in [2.24, 2.45) is 11.7 Å². The van der Waals surface area contributed by atoms with Crippen molar-refractivity contribution < 1.29 is 42.7 Å². The van der Waals surface area contributed by atoms with Crippen molar-refractivity contribution in [3.05, 3.63) is 51.0 Å². The normalized spacial score (nSPS) is 27.3. The van der Waals surface area contributed by atoms with Crippen LogP contribution in [0.1, 0.15) is 46.0 Å². The molecular weight excluding hydrogens is 714 g/mol. The molecule has 3 aliphatic rings. The van der Waals surface area contributed by atoms with E-state index in [9.17, 15) is 37.9 Å². The summed E-state index contributed by atoms with van der Waals surface area (Å²) >= 11 is -10.5. The number of halogens is 2. The molecule has 13 heteroatoms. The zero-order chi connectivity index (χ0) is 27.6. The molecule has 1 aliphatic carbocycles. The van der Waals surface area contributed by atoms with Gasteiger partial charge in [0, 0.05) is 0 Å². The Labute approximate surface area is 221 Å². The van der Waals surface area contributed by atoms with Crippen molar-refractivity contribution >= 4 is 56.7 Å². The summed E-state index contributed by atoms with van der Waals surface area (Å²) in [4.78, 5) is 54.7. The molecule has 0 spiro atoms. The van der Waals surface area contributed by atoms with Crippen LogP contribution in [0.2, 0.25) is 0 Å². The SMILES string of the molecule is C=C(O)I1(O)([C@@H](OC(=O)C2CCC2)I2C(=O)c3c(O)cccc3[C@@H]2C)C(=O)C(C(N)=O)=C(O)[C@H]1N(C)C. The summed E-state index contributed by atoms with van der Waals surface area (Å²) in [7, 11) is 2.79. The Morgan fingerprint density at radius 1 is 1.24 bits per heavy atom. The average molecular weight is 744 g/mol. The number of nitrogens with zero attached hydrogens (tertiary/aromatic N) is 1. The van der Waals surface area contributed by atoms with E-state index in [2.05, 4.69) is 6.58 Å². The molecule has 1 fully saturated rings. The van der Waals surface area contributed by atoms with E-state index in [-0.39, 0.29) is 11.3 Å². The van der Waals surface area contributed by atoms with Gasteiger partial charge >= 0.3 is 223 Å². The molecule has 1 amide bonds. The van der Waals surface area contributed by atoms with Gasteiger partial charge in [0.1, 0.15) is 0 Å². The number of phenolic OH excluding ortho intramolecular Hbond substituents is 1. The molecule has 2 aliphatic heterocycles. The number of alkyl halides is 4. The fraction of sp³-hybridized carbons (Fsp3) is 0.417. The van der Waals surface area contributed by atoms with Gasteiger partial charge in [0.05, 0.1) is 0 Å². The summed E-state index contributed by atoms with van der Waals surface area (Å²) in [6.45, 7) is 5.18. The summed E-state index contributed by atoms with van der Waals surface area (Å²) < 4.78 is 11.7. The molecule has 2 heterocycles. The summed E-state index contributed by atoms with van der Waals surface area (Å²) in [6, 6.07) is 4.50. The van der Waals surface area contributed by atoms with Gasteiger partial charge in [-0.05, 0) is 0 Å². The van der Waals surface area contributed by atoms with E-state index in [1.54, 1.807) is 19.1 Å². The number of aliphatic hydroxyl groups is 2. The molecule has 3 atom stereocenters. The topological polar surface area (TPSA) is 188 Å². The molecule has 37 heavy (non-hydrogen) atoms. The molecule has 6 N–H and O–H groups in total. The number of carbonyl (C=O) groups is 4. The van der Waals surface area contributed by atoms with Crippen molar-refractivity contribution in [1.82, 2.24) is 4.90 Å². The fourth-order valence-corrected chi connectivity index (χ4v) is 36.7. The Morgan fingerprint density at radius 3 is 2.32 bits per heavy atom. The van der Waals surface area contributed by atoms with Crippen molar-refractivity contribution in [3.63, 3.8) is 0 Å². The molecule has 1 aromatic rings. The Bertz CT molecular complexity index is 1290.